The van der Waals surface area contributed by atoms with Crippen LogP contribution in [-0.2, 0) is 29.7 Å². The van der Waals surface area contributed by atoms with E-state index in [9.17, 15) is 19.3 Å². The molecule has 0 aliphatic carbocycles. The molecule has 0 aliphatic heterocycles. The van der Waals surface area contributed by atoms with Gasteiger partial charge in [0.05, 0.1) is 30.8 Å². The molecule has 1 aromatic heterocycles. The van der Waals surface area contributed by atoms with Crippen molar-refractivity contribution < 1.29 is 28.3 Å². The van der Waals surface area contributed by atoms with Crippen LogP contribution in [-0.4, -0.2) is 38.5 Å². The molecule has 0 radical (unpaired) electrons. The van der Waals surface area contributed by atoms with Crippen molar-refractivity contribution in [2.24, 2.45) is 7.05 Å². The van der Waals surface area contributed by atoms with Crippen molar-refractivity contribution in [2.75, 3.05) is 12.4 Å². The van der Waals surface area contributed by atoms with E-state index in [-0.39, 0.29) is 36.2 Å². The van der Waals surface area contributed by atoms with Gasteiger partial charge in [-0.3, -0.25) is 20.1 Å². The van der Waals surface area contributed by atoms with Gasteiger partial charge in [-0.2, -0.15) is 5.10 Å². The Morgan fingerprint density at radius 2 is 1.86 bits per heavy atom. The van der Waals surface area contributed by atoms with Gasteiger partial charge in [0.1, 0.15) is 17.7 Å². The number of rotatable bonds is 8. The lowest BCUT2D eigenvalue weighted by Crippen LogP contribution is -2.27. The van der Waals surface area contributed by atoms with E-state index in [4.69, 9.17) is 14.2 Å². The number of aromatic nitrogens is 3. The predicted molar refractivity (Wildman–Crippen MR) is 124 cm³/mol. The third kappa shape index (κ3) is 6.96. The SMILES string of the molecule is COc1c(-c2ncn(C)n2)cc(COCc2cc(F)cc(NC(=O)OC(C)(C)C)c2)cc1[N+](=O)[O-]. The minimum absolute atomic E-state index is 0.0161. The number of hydrogen-bond acceptors (Lipinski definition) is 8. The summed E-state index contributed by atoms with van der Waals surface area (Å²) in [6.45, 7) is 5.12. The normalized spacial score (nSPS) is 11.3. The molecule has 0 atom stereocenters. The molecular formula is C23H26FN5O6. The zero-order chi connectivity index (χ0) is 25.8. The van der Waals surface area contributed by atoms with Crippen molar-refractivity contribution >= 4 is 17.5 Å². The summed E-state index contributed by atoms with van der Waals surface area (Å²) in [5.41, 5.74) is 0.519. The lowest BCUT2D eigenvalue weighted by Gasteiger charge is -2.19. The van der Waals surface area contributed by atoms with Gasteiger partial charge in [0.25, 0.3) is 0 Å². The van der Waals surface area contributed by atoms with Crippen LogP contribution >= 0.6 is 0 Å². The standard InChI is InChI=1S/C23H26FN5O6/c1-23(2,3)35-22(30)26-17-7-14(6-16(24)10-17)11-34-12-15-8-18(21-25-13-28(4)27-21)20(33-5)19(9-15)29(31)32/h6-10,13H,11-12H2,1-5H3,(H,26,30). The fourth-order valence-corrected chi connectivity index (χ4v) is 3.25. The number of nitrogens with zero attached hydrogens (tertiary/aromatic N) is 4. The molecule has 0 spiro atoms. The molecule has 0 unspecified atom stereocenters. The number of hydrogen-bond donors (Lipinski definition) is 1. The molecular weight excluding hydrogens is 461 g/mol. The zero-order valence-electron chi connectivity index (χ0n) is 20.0. The van der Waals surface area contributed by atoms with E-state index in [0.29, 0.717) is 16.7 Å². The average molecular weight is 487 g/mol. The first-order valence-electron chi connectivity index (χ1n) is 10.5. The molecule has 186 valence electrons. The minimum atomic E-state index is -0.712. The van der Waals surface area contributed by atoms with Gasteiger partial charge in [-0.1, -0.05) is 0 Å². The van der Waals surface area contributed by atoms with Crippen LogP contribution in [0.5, 0.6) is 5.75 Å². The largest absolute Gasteiger partial charge is 0.490 e. The van der Waals surface area contributed by atoms with Crippen LogP contribution in [0.1, 0.15) is 31.9 Å². The Hall–Kier alpha value is -4.06. The smallest absolute Gasteiger partial charge is 0.412 e. The highest BCUT2D eigenvalue weighted by Gasteiger charge is 2.24. The first-order valence-corrected chi connectivity index (χ1v) is 10.5. The first kappa shape index (κ1) is 25.6. The lowest BCUT2D eigenvalue weighted by atomic mass is 10.1. The third-order valence-corrected chi connectivity index (χ3v) is 4.51. The van der Waals surface area contributed by atoms with Gasteiger partial charge in [-0.05, 0) is 56.2 Å². The molecule has 3 rings (SSSR count). The molecule has 12 heteroatoms. The van der Waals surface area contributed by atoms with Gasteiger partial charge in [-0.15, -0.1) is 0 Å². The maximum atomic E-state index is 14.1. The van der Waals surface area contributed by atoms with E-state index in [1.165, 1.54) is 30.3 Å². The van der Waals surface area contributed by atoms with E-state index in [0.717, 1.165) is 6.07 Å². The summed E-state index contributed by atoms with van der Waals surface area (Å²) in [7, 11) is 3.01. The molecule has 2 aromatic carbocycles. The van der Waals surface area contributed by atoms with Crippen LogP contribution in [0.15, 0.2) is 36.7 Å². The van der Waals surface area contributed by atoms with Crippen LogP contribution < -0.4 is 10.1 Å². The van der Waals surface area contributed by atoms with Crippen molar-refractivity contribution in [3.05, 3.63) is 63.7 Å². The summed E-state index contributed by atoms with van der Waals surface area (Å²) in [5.74, 6) is -0.272. The summed E-state index contributed by atoms with van der Waals surface area (Å²) in [5, 5.41) is 18.3. The molecule has 35 heavy (non-hydrogen) atoms. The number of aryl methyl sites for hydroxylation is 1. The number of nitro groups is 1. The Balaban J connectivity index is 1.77. The van der Waals surface area contributed by atoms with E-state index in [1.54, 1.807) is 40.0 Å². The molecule has 1 amide bonds. The van der Waals surface area contributed by atoms with Crippen LogP contribution in [0, 0.1) is 15.9 Å². The molecule has 0 saturated carbocycles. The van der Waals surface area contributed by atoms with Crippen molar-refractivity contribution in [3.63, 3.8) is 0 Å². The second-order valence-electron chi connectivity index (χ2n) is 8.66. The van der Waals surface area contributed by atoms with E-state index < -0.39 is 22.4 Å². The van der Waals surface area contributed by atoms with Gasteiger partial charge >= 0.3 is 11.8 Å². The maximum absolute atomic E-state index is 14.1. The summed E-state index contributed by atoms with van der Waals surface area (Å²) in [4.78, 5) is 27.2. The monoisotopic (exact) mass is 487 g/mol. The number of anilines is 1. The number of carbonyl (C=O) groups excluding carboxylic acids is 1. The molecule has 0 fully saturated rings. The number of nitro benzene ring substituents is 1. The summed E-state index contributed by atoms with van der Waals surface area (Å²) in [6.07, 6.45) is 0.757. The Bertz CT molecular complexity index is 1240. The van der Waals surface area contributed by atoms with Gasteiger partial charge in [-0.25, -0.2) is 14.2 Å². The highest BCUT2D eigenvalue weighted by molar-refractivity contribution is 5.85. The second-order valence-corrected chi connectivity index (χ2v) is 8.66. The van der Waals surface area contributed by atoms with Crippen molar-refractivity contribution in [1.82, 2.24) is 14.8 Å². The van der Waals surface area contributed by atoms with Crippen LogP contribution in [0.25, 0.3) is 11.4 Å². The van der Waals surface area contributed by atoms with E-state index in [1.807, 2.05) is 0 Å². The molecule has 11 nitrogen and oxygen atoms in total. The van der Waals surface area contributed by atoms with Crippen LogP contribution in [0.3, 0.4) is 0 Å². The molecule has 0 saturated heterocycles. The first-order chi connectivity index (χ1) is 16.4. The molecule has 1 N–H and O–H groups in total. The summed E-state index contributed by atoms with van der Waals surface area (Å²) < 4.78 is 31.7. The summed E-state index contributed by atoms with van der Waals surface area (Å²) in [6, 6.07) is 6.95. The van der Waals surface area contributed by atoms with Crippen molar-refractivity contribution in [3.8, 4) is 17.1 Å². The quantitative estimate of drug-likeness (QED) is 0.360. The summed E-state index contributed by atoms with van der Waals surface area (Å²) >= 11 is 0. The molecule has 1 heterocycles. The Kier molecular flexibility index (Phi) is 7.65. The maximum Gasteiger partial charge on any atom is 0.412 e. The van der Waals surface area contributed by atoms with Gasteiger partial charge in [0.15, 0.2) is 5.82 Å². The Morgan fingerprint density at radius 1 is 1.17 bits per heavy atom. The van der Waals surface area contributed by atoms with Crippen LogP contribution in [0.4, 0.5) is 20.6 Å². The predicted octanol–water partition coefficient (Wildman–Crippen LogP) is 4.60. The van der Waals surface area contributed by atoms with E-state index in [2.05, 4.69) is 15.4 Å². The van der Waals surface area contributed by atoms with Gasteiger partial charge in [0.2, 0.25) is 5.75 Å². The minimum Gasteiger partial charge on any atom is -0.490 e. The molecule has 3 aromatic rings. The zero-order valence-corrected chi connectivity index (χ0v) is 20.0. The Morgan fingerprint density at radius 3 is 2.43 bits per heavy atom. The van der Waals surface area contributed by atoms with Gasteiger partial charge < -0.3 is 14.2 Å². The topological polar surface area (TPSA) is 131 Å². The fraction of sp³-hybridized carbons (Fsp3) is 0.348. The number of methoxy groups -OCH3 is 1. The second kappa shape index (κ2) is 10.5. The number of ether oxygens (including phenoxy) is 3. The van der Waals surface area contributed by atoms with Gasteiger partial charge in [0, 0.05) is 18.8 Å². The Labute approximate surface area is 201 Å². The number of halogens is 1. The average Bonchev–Trinajstić information content (AvgIpc) is 3.17. The highest BCUT2D eigenvalue weighted by atomic mass is 19.1. The third-order valence-electron chi connectivity index (χ3n) is 4.51. The number of carbonyl (C=O) groups is 1. The molecule has 0 aliphatic rings. The van der Waals surface area contributed by atoms with E-state index >= 15 is 0 Å². The van der Waals surface area contributed by atoms with Crippen LogP contribution in [0.2, 0.25) is 0 Å². The molecule has 0 bridgehead atoms. The lowest BCUT2D eigenvalue weighted by molar-refractivity contribution is -0.385. The van der Waals surface area contributed by atoms with Crippen molar-refractivity contribution in [1.29, 1.82) is 0 Å². The number of nitrogens with one attached hydrogen (secondary N) is 1. The number of amides is 1. The van der Waals surface area contributed by atoms with Crippen molar-refractivity contribution in [2.45, 2.75) is 39.6 Å². The highest BCUT2D eigenvalue weighted by Crippen LogP contribution is 2.38. The number of benzene rings is 2. The fourth-order valence-electron chi connectivity index (χ4n) is 3.25.